The summed E-state index contributed by atoms with van der Waals surface area (Å²) in [5.41, 5.74) is 1.97. The van der Waals surface area contributed by atoms with Gasteiger partial charge in [0.1, 0.15) is 0 Å². The second-order valence-corrected chi connectivity index (χ2v) is 7.34. The molecule has 1 amide bonds. The van der Waals surface area contributed by atoms with Gasteiger partial charge < -0.3 is 5.32 Å². The minimum absolute atomic E-state index is 0.156. The van der Waals surface area contributed by atoms with Gasteiger partial charge in [-0.25, -0.2) is 8.42 Å². The van der Waals surface area contributed by atoms with E-state index in [4.69, 9.17) is 0 Å². The highest BCUT2D eigenvalue weighted by Gasteiger charge is 2.16. The standard InChI is InChI=1S/C17H19NO3S/c1-12-9-10-15(11-16(12)22(3,20)21)17(19)18-13(2)14-7-5-4-6-8-14/h4-11,13H,1-3H3,(H,18,19). The van der Waals surface area contributed by atoms with Crippen LogP contribution in [0.15, 0.2) is 53.4 Å². The quantitative estimate of drug-likeness (QED) is 0.943. The molecule has 22 heavy (non-hydrogen) atoms. The van der Waals surface area contributed by atoms with Crippen molar-refractivity contribution in [1.82, 2.24) is 5.32 Å². The van der Waals surface area contributed by atoms with Gasteiger partial charge in [-0.2, -0.15) is 0 Å². The number of benzene rings is 2. The maximum Gasteiger partial charge on any atom is 0.251 e. The average Bonchev–Trinajstić information content (AvgIpc) is 2.47. The lowest BCUT2D eigenvalue weighted by Gasteiger charge is -2.15. The molecule has 1 N–H and O–H groups in total. The molecular formula is C17H19NO3S. The highest BCUT2D eigenvalue weighted by atomic mass is 32.2. The molecule has 2 rings (SSSR count). The third-order valence-electron chi connectivity index (χ3n) is 3.50. The van der Waals surface area contributed by atoms with E-state index in [0.717, 1.165) is 11.8 Å². The van der Waals surface area contributed by atoms with Gasteiger partial charge in [-0.15, -0.1) is 0 Å². The molecule has 0 saturated carbocycles. The fraction of sp³-hybridized carbons (Fsp3) is 0.235. The molecule has 0 aliphatic rings. The molecule has 5 heteroatoms. The molecule has 0 aliphatic heterocycles. The van der Waals surface area contributed by atoms with E-state index in [1.54, 1.807) is 19.1 Å². The van der Waals surface area contributed by atoms with Crippen molar-refractivity contribution in [2.75, 3.05) is 6.26 Å². The van der Waals surface area contributed by atoms with Crippen LogP contribution in [0.4, 0.5) is 0 Å². The van der Waals surface area contributed by atoms with E-state index in [2.05, 4.69) is 5.32 Å². The van der Waals surface area contributed by atoms with Crippen molar-refractivity contribution in [1.29, 1.82) is 0 Å². The summed E-state index contributed by atoms with van der Waals surface area (Å²) in [5, 5.41) is 2.88. The van der Waals surface area contributed by atoms with Gasteiger partial charge in [-0.05, 0) is 37.1 Å². The van der Waals surface area contributed by atoms with E-state index in [1.165, 1.54) is 6.07 Å². The van der Waals surface area contributed by atoms with Gasteiger partial charge in [0.05, 0.1) is 10.9 Å². The lowest BCUT2D eigenvalue weighted by Crippen LogP contribution is -2.26. The van der Waals surface area contributed by atoms with Crippen molar-refractivity contribution in [3.63, 3.8) is 0 Å². The number of rotatable bonds is 4. The molecule has 2 aromatic carbocycles. The van der Waals surface area contributed by atoms with Gasteiger partial charge in [-0.3, -0.25) is 4.79 Å². The number of sulfone groups is 1. The van der Waals surface area contributed by atoms with Crippen LogP contribution in [-0.4, -0.2) is 20.6 Å². The first-order valence-corrected chi connectivity index (χ1v) is 8.84. The molecule has 4 nitrogen and oxygen atoms in total. The smallest absolute Gasteiger partial charge is 0.251 e. The van der Waals surface area contributed by atoms with Crippen LogP contribution in [0.3, 0.4) is 0 Å². The number of hydrogen-bond acceptors (Lipinski definition) is 3. The molecular weight excluding hydrogens is 298 g/mol. The lowest BCUT2D eigenvalue weighted by molar-refractivity contribution is 0.0939. The van der Waals surface area contributed by atoms with Crippen LogP contribution < -0.4 is 5.32 Å². The molecule has 0 saturated heterocycles. The number of carbonyl (C=O) groups is 1. The summed E-state index contributed by atoms with van der Waals surface area (Å²) in [6.07, 6.45) is 1.14. The minimum atomic E-state index is -3.35. The zero-order valence-corrected chi connectivity index (χ0v) is 13.6. The molecule has 1 unspecified atom stereocenters. The summed E-state index contributed by atoms with van der Waals surface area (Å²) in [6.45, 7) is 3.60. The van der Waals surface area contributed by atoms with Crippen LogP contribution >= 0.6 is 0 Å². The average molecular weight is 317 g/mol. The van der Waals surface area contributed by atoms with Gasteiger partial charge in [0.15, 0.2) is 9.84 Å². The minimum Gasteiger partial charge on any atom is -0.346 e. The molecule has 116 valence electrons. The third-order valence-corrected chi connectivity index (χ3v) is 4.74. The molecule has 0 aliphatic carbocycles. The Morgan fingerprint density at radius 3 is 2.32 bits per heavy atom. The predicted molar refractivity (Wildman–Crippen MR) is 86.6 cm³/mol. The fourth-order valence-electron chi connectivity index (χ4n) is 2.25. The van der Waals surface area contributed by atoms with Gasteiger partial charge in [0, 0.05) is 11.8 Å². The van der Waals surface area contributed by atoms with E-state index in [0.29, 0.717) is 11.1 Å². The van der Waals surface area contributed by atoms with E-state index in [-0.39, 0.29) is 16.8 Å². The number of hydrogen-bond donors (Lipinski definition) is 1. The normalized spacial score (nSPS) is 12.7. The van der Waals surface area contributed by atoms with E-state index < -0.39 is 9.84 Å². The second-order valence-electron chi connectivity index (χ2n) is 5.36. The van der Waals surface area contributed by atoms with Crippen LogP contribution in [0.5, 0.6) is 0 Å². The van der Waals surface area contributed by atoms with Gasteiger partial charge in [0.2, 0.25) is 0 Å². The summed E-state index contributed by atoms with van der Waals surface area (Å²) in [4.78, 5) is 12.5. The van der Waals surface area contributed by atoms with Crippen molar-refractivity contribution in [3.05, 3.63) is 65.2 Å². The molecule has 0 fully saturated rings. The SMILES string of the molecule is Cc1ccc(C(=O)NC(C)c2ccccc2)cc1S(C)(=O)=O. The zero-order chi connectivity index (χ0) is 16.3. The number of nitrogens with one attached hydrogen (secondary N) is 1. The topological polar surface area (TPSA) is 63.2 Å². The van der Waals surface area contributed by atoms with Gasteiger partial charge in [-0.1, -0.05) is 36.4 Å². The zero-order valence-electron chi connectivity index (χ0n) is 12.8. The first-order chi connectivity index (χ1) is 10.3. The third kappa shape index (κ3) is 3.74. The van der Waals surface area contributed by atoms with Crippen molar-refractivity contribution < 1.29 is 13.2 Å². The molecule has 0 aromatic heterocycles. The molecule has 0 spiro atoms. The Balaban J connectivity index is 2.24. The molecule has 0 heterocycles. The maximum atomic E-state index is 12.3. The largest absolute Gasteiger partial charge is 0.346 e. The van der Waals surface area contributed by atoms with E-state index >= 15 is 0 Å². The highest BCUT2D eigenvalue weighted by molar-refractivity contribution is 7.90. The van der Waals surface area contributed by atoms with Crippen molar-refractivity contribution in [2.45, 2.75) is 24.8 Å². The second kappa shape index (κ2) is 6.32. The van der Waals surface area contributed by atoms with Crippen LogP contribution in [-0.2, 0) is 9.84 Å². The summed E-state index contributed by atoms with van der Waals surface area (Å²) in [5.74, 6) is -0.291. The Kier molecular flexibility index (Phi) is 4.66. The van der Waals surface area contributed by atoms with Crippen LogP contribution in [0.2, 0.25) is 0 Å². The Hall–Kier alpha value is -2.14. The first-order valence-electron chi connectivity index (χ1n) is 6.95. The van der Waals surface area contributed by atoms with Crippen LogP contribution in [0.25, 0.3) is 0 Å². The van der Waals surface area contributed by atoms with E-state index in [9.17, 15) is 13.2 Å². The lowest BCUT2D eigenvalue weighted by atomic mass is 10.1. The Bertz CT molecular complexity index is 783. The monoisotopic (exact) mass is 317 g/mol. The molecule has 1 atom stereocenters. The van der Waals surface area contributed by atoms with Crippen molar-refractivity contribution in [2.24, 2.45) is 0 Å². The summed E-state index contributed by atoms with van der Waals surface area (Å²) in [7, 11) is -3.35. The van der Waals surface area contributed by atoms with Gasteiger partial charge in [0.25, 0.3) is 5.91 Å². The summed E-state index contributed by atoms with van der Waals surface area (Å²) < 4.78 is 23.5. The maximum absolute atomic E-state index is 12.3. The summed E-state index contributed by atoms with van der Waals surface area (Å²) in [6, 6.07) is 14.2. The van der Waals surface area contributed by atoms with Crippen molar-refractivity contribution >= 4 is 15.7 Å². The van der Waals surface area contributed by atoms with Gasteiger partial charge >= 0.3 is 0 Å². The Morgan fingerprint density at radius 2 is 1.73 bits per heavy atom. The molecule has 0 bridgehead atoms. The molecule has 0 radical (unpaired) electrons. The van der Waals surface area contributed by atoms with Crippen LogP contribution in [0.1, 0.15) is 34.5 Å². The molecule has 2 aromatic rings. The Labute approximate surface area is 131 Å². The van der Waals surface area contributed by atoms with Crippen molar-refractivity contribution in [3.8, 4) is 0 Å². The number of carbonyl (C=O) groups excluding carboxylic acids is 1. The van der Waals surface area contributed by atoms with E-state index in [1.807, 2.05) is 37.3 Å². The number of aryl methyl sites for hydroxylation is 1. The highest BCUT2D eigenvalue weighted by Crippen LogP contribution is 2.18. The Morgan fingerprint density at radius 1 is 1.09 bits per heavy atom. The first kappa shape index (κ1) is 16.2. The predicted octanol–water partition coefficient (Wildman–Crippen LogP) is 2.89. The van der Waals surface area contributed by atoms with Crippen LogP contribution in [0, 0.1) is 6.92 Å². The summed E-state index contributed by atoms with van der Waals surface area (Å²) >= 11 is 0. The number of amides is 1. The fourth-order valence-corrected chi connectivity index (χ4v) is 3.24.